The van der Waals surface area contributed by atoms with Gasteiger partial charge in [0.05, 0.1) is 11.9 Å². The normalized spacial score (nSPS) is 14.1. The predicted octanol–water partition coefficient (Wildman–Crippen LogP) is 3.29. The number of rotatable bonds is 12. The first-order valence-corrected chi connectivity index (χ1v) is 14.0. The first-order valence-electron chi connectivity index (χ1n) is 12.1. The van der Waals surface area contributed by atoms with Crippen LogP contribution < -0.4 is 19.1 Å². The van der Waals surface area contributed by atoms with Crippen molar-refractivity contribution in [1.82, 2.24) is 10.2 Å². The fraction of sp³-hybridized carbons (Fsp3) is 0.462. The van der Waals surface area contributed by atoms with Crippen molar-refractivity contribution in [3.8, 4) is 11.5 Å². The summed E-state index contributed by atoms with van der Waals surface area (Å²) in [7, 11) is -3.60. The van der Waals surface area contributed by atoms with Crippen molar-refractivity contribution in [2.75, 3.05) is 23.9 Å². The van der Waals surface area contributed by atoms with Crippen molar-refractivity contribution >= 4 is 27.5 Å². The molecule has 2 unspecified atom stereocenters. The molecule has 0 saturated heterocycles. The van der Waals surface area contributed by atoms with E-state index < -0.39 is 16.1 Å². The standard InChI is InChI=1S/C26H35N3O6S/c1-5-19(2)27-26(31)20(3)28(17-21-10-7-6-8-11-21)25(30)12-9-15-29(36(4,32)33)22-13-14-23-24(16-22)35-18-34-23/h6-8,10-11,13-14,16,19-20H,5,9,12,15,17-18H2,1-4H3,(H,27,31). The van der Waals surface area contributed by atoms with Gasteiger partial charge in [-0.3, -0.25) is 13.9 Å². The molecule has 2 aromatic carbocycles. The van der Waals surface area contributed by atoms with Crippen molar-refractivity contribution in [2.45, 2.75) is 58.7 Å². The molecule has 0 radical (unpaired) electrons. The summed E-state index contributed by atoms with van der Waals surface area (Å²) in [6, 6.07) is 13.7. The van der Waals surface area contributed by atoms with E-state index in [9.17, 15) is 18.0 Å². The number of sulfonamides is 1. The Morgan fingerprint density at radius 2 is 1.75 bits per heavy atom. The molecule has 2 aromatic rings. The van der Waals surface area contributed by atoms with Crippen molar-refractivity contribution in [1.29, 1.82) is 0 Å². The van der Waals surface area contributed by atoms with Gasteiger partial charge < -0.3 is 19.7 Å². The molecule has 0 aromatic heterocycles. The van der Waals surface area contributed by atoms with Gasteiger partial charge in [0.2, 0.25) is 28.6 Å². The molecular formula is C26H35N3O6S. The fourth-order valence-corrected chi connectivity index (χ4v) is 4.83. The Hall–Kier alpha value is -3.27. The largest absolute Gasteiger partial charge is 0.454 e. The van der Waals surface area contributed by atoms with E-state index >= 15 is 0 Å². The summed E-state index contributed by atoms with van der Waals surface area (Å²) in [6.45, 7) is 6.10. The number of carbonyl (C=O) groups is 2. The lowest BCUT2D eigenvalue weighted by Crippen LogP contribution is -2.49. The smallest absolute Gasteiger partial charge is 0.242 e. The Bertz CT molecular complexity index is 1160. The maximum absolute atomic E-state index is 13.3. The van der Waals surface area contributed by atoms with Crippen LogP contribution in [0.2, 0.25) is 0 Å². The lowest BCUT2D eigenvalue weighted by atomic mass is 10.1. The van der Waals surface area contributed by atoms with Crippen molar-refractivity contribution in [2.24, 2.45) is 0 Å². The Morgan fingerprint density at radius 3 is 2.42 bits per heavy atom. The number of nitrogens with one attached hydrogen (secondary N) is 1. The van der Waals surface area contributed by atoms with E-state index in [1.165, 1.54) is 4.31 Å². The Kier molecular flexibility index (Phi) is 9.19. The third-order valence-corrected chi connectivity index (χ3v) is 7.35. The number of ether oxygens (including phenoxy) is 2. The Labute approximate surface area is 213 Å². The lowest BCUT2D eigenvalue weighted by Gasteiger charge is -2.30. The quantitative estimate of drug-likeness (QED) is 0.463. The molecule has 3 rings (SSSR count). The highest BCUT2D eigenvalue weighted by Gasteiger charge is 2.27. The van der Waals surface area contributed by atoms with Crippen LogP contribution in [0.4, 0.5) is 5.69 Å². The van der Waals surface area contributed by atoms with E-state index in [4.69, 9.17) is 9.47 Å². The van der Waals surface area contributed by atoms with Crippen molar-refractivity contribution in [3.63, 3.8) is 0 Å². The second-order valence-corrected chi connectivity index (χ2v) is 10.9. The van der Waals surface area contributed by atoms with Crippen LogP contribution in [0.3, 0.4) is 0 Å². The topological polar surface area (TPSA) is 105 Å². The molecule has 36 heavy (non-hydrogen) atoms. The van der Waals surface area contributed by atoms with Crippen LogP contribution in [0.15, 0.2) is 48.5 Å². The highest BCUT2D eigenvalue weighted by molar-refractivity contribution is 7.92. The molecule has 2 atom stereocenters. The van der Waals surface area contributed by atoms with Gasteiger partial charge in [0.25, 0.3) is 0 Å². The number of amides is 2. The van der Waals surface area contributed by atoms with Crippen LogP contribution in [0.25, 0.3) is 0 Å². The van der Waals surface area contributed by atoms with E-state index in [-0.39, 0.29) is 50.6 Å². The summed E-state index contributed by atoms with van der Waals surface area (Å²) < 4.78 is 37.0. The summed E-state index contributed by atoms with van der Waals surface area (Å²) in [6.07, 6.45) is 2.28. The van der Waals surface area contributed by atoms with E-state index in [2.05, 4.69) is 5.32 Å². The van der Waals surface area contributed by atoms with Crippen LogP contribution in [0, 0.1) is 0 Å². The number of benzene rings is 2. The summed E-state index contributed by atoms with van der Waals surface area (Å²) in [5, 5.41) is 2.94. The van der Waals surface area contributed by atoms with E-state index in [0.717, 1.165) is 18.2 Å². The molecule has 9 nitrogen and oxygen atoms in total. The SMILES string of the molecule is CCC(C)NC(=O)C(C)N(Cc1ccccc1)C(=O)CCCN(c1ccc2c(c1)OCO2)S(C)(=O)=O. The summed E-state index contributed by atoms with van der Waals surface area (Å²) in [4.78, 5) is 27.7. The molecule has 0 aliphatic carbocycles. The minimum absolute atomic E-state index is 0.00125. The average Bonchev–Trinajstić information content (AvgIpc) is 3.32. The van der Waals surface area contributed by atoms with E-state index in [1.54, 1.807) is 30.0 Å². The highest BCUT2D eigenvalue weighted by Crippen LogP contribution is 2.36. The number of hydrogen-bond donors (Lipinski definition) is 1. The molecule has 0 fully saturated rings. The molecule has 2 amide bonds. The molecule has 196 valence electrons. The first kappa shape index (κ1) is 27.3. The summed E-state index contributed by atoms with van der Waals surface area (Å²) in [5.74, 6) is 0.604. The number of carbonyl (C=O) groups excluding carboxylic acids is 2. The van der Waals surface area contributed by atoms with Crippen LogP contribution in [-0.2, 0) is 26.2 Å². The minimum atomic E-state index is -3.60. The van der Waals surface area contributed by atoms with Crippen molar-refractivity contribution in [3.05, 3.63) is 54.1 Å². The van der Waals surface area contributed by atoms with Gasteiger partial charge in [-0.15, -0.1) is 0 Å². The summed E-state index contributed by atoms with van der Waals surface area (Å²) in [5.41, 5.74) is 1.35. The van der Waals surface area contributed by atoms with Gasteiger partial charge in [-0.25, -0.2) is 8.42 Å². The van der Waals surface area contributed by atoms with E-state index in [1.807, 2.05) is 44.2 Å². The second kappa shape index (κ2) is 12.1. The monoisotopic (exact) mass is 517 g/mol. The van der Waals surface area contributed by atoms with Gasteiger partial charge in [-0.05, 0) is 44.4 Å². The molecule has 0 saturated carbocycles. The van der Waals surface area contributed by atoms with Gasteiger partial charge in [0, 0.05) is 31.6 Å². The van der Waals surface area contributed by atoms with Gasteiger partial charge >= 0.3 is 0 Å². The molecule has 0 spiro atoms. The second-order valence-electron chi connectivity index (χ2n) is 8.98. The molecule has 1 aliphatic rings. The average molecular weight is 518 g/mol. The fourth-order valence-electron chi connectivity index (χ4n) is 3.87. The zero-order chi connectivity index (χ0) is 26.3. The maximum atomic E-state index is 13.3. The zero-order valence-corrected chi connectivity index (χ0v) is 22.1. The van der Waals surface area contributed by atoms with Gasteiger partial charge in [-0.2, -0.15) is 0 Å². The minimum Gasteiger partial charge on any atom is -0.454 e. The van der Waals surface area contributed by atoms with Gasteiger partial charge in [-0.1, -0.05) is 37.3 Å². The summed E-state index contributed by atoms with van der Waals surface area (Å²) >= 11 is 0. The predicted molar refractivity (Wildman–Crippen MR) is 138 cm³/mol. The Balaban J connectivity index is 1.71. The Morgan fingerprint density at radius 1 is 1.06 bits per heavy atom. The number of fused-ring (bicyclic) bond motifs is 1. The van der Waals surface area contributed by atoms with Gasteiger partial charge in [0.15, 0.2) is 11.5 Å². The first-order chi connectivity index (χ1) is 17.1. The molecular weight excluding hydrogens is 482 g/mol. The molecule has 1 heterocycles. The van der Waals surface area contributed by atoms with Crippen LogP contribution in [0.5, 0.6) is 11.5 Å². The lowest BCUT2D eigenvalue weighted by molar-refractivity contribution is -0.140. The molecule has 10 heteroatoms. The van der Waals surface area contributed by atoms with Crippen LogP contribution in [0.1, 0.15) is 45.6 Å². The zero-order valence-electron chi connectivity index (χ0n) is 21.3. The van der Waals surface area contributed by atoms with Crippen LogP contribution in [-0.4, -0.2) is 56.8 Å². The number of nitrogens with zero attached hydrogens (tertiary/aromatic N) is 2. The third-order valence-electron chi connectivity index (χ3n) is 6.16. The highest BCUT2D eigenvalue weighted by atomic mass is 32.2. The number of hydrogen-bond acceptors (Lipinski definition) is 6. The molecule has 1 aliphatic heterocycles. The maximum Gasteiger partial charge on any atom is 0.242 e. The molecule has 1 N–H and O–H groups in total. The van der Waals surface area contributed by atoms with Crippen molar-refractivity contribution < 1.29 is 27.5 Å². The molecule has 0 bridgehead atoms. The number of anilines is 1. The van der Waals surface area contributed by atoms with Gasteiger partial charge in [0.1, 0.15) is 6.04 Å². The third kappa shape index (κ3) is 7.13. The van der Waals surface area contributed by atoms with E-state index in [0.29, 0.717) is 17.2 Å². The van der Waals surface area contributed by atoms with Crippen LogP contribution >= 0.6 is 0 Å².